The third-order valence-corrected chi connectivity index (χ3v) is 2.94. The second-order valence-corrected chi connectivity index (χ2v) is 4.24. The maximum absolute atomic E-state index is 11.7. The highest BCUT2D eigenvalue weighted by Crippen LogP contribution is 2.23. The first-order valence-electron chi connectivity index (χ1n) is 4.66. The molecule has 2 heterocycles. The van der Waals surface area contributed by atoms with E-state index in [1.54, 1.807) is 20.0 Å². The van der Waals surface area contributed by atoms with E-state index in [9.17, 15) is 9.90 Å². The summed E-state index contributed by atoms with van der Waals surface area (Å²) in [6.07, 6.45) is 1.81. The lowest BCUT2D eigenvalue weighted by Crippen LogP contribution is -2.20. The zero-order chi connectivity index (χ0) is 11.9. The van der Waals surface area contributed by atoms with E-state index in [1.165, 1.54) is 16.3 Å². The van der Waals surface area contributed by atoms with Gasteiger partial charge in [0.2, 0.25) is 5.88 Å². The van der Waals surface area contributed by atoms with Crippen molar-refractivity contribution in [1.29, 1.82) is 0 Å². The normalized spacial score (nSPS) is 10.9. The van der Waals surface area contributed by atoms with Crippen molar-refractivity contribution in [2.24, 2.45) is 7.05 Å². The summed E-state index contributed by atoms with van der Waals surface area (Å²) in [6, 6.07) is 1.61. The zero-order valence-corrected chi connectivity index (χ0v) is 10.00. The van der Waals surface area contributed by atoms with Gasteiger partial charge in [-0.3, -0.25) is 9.36 Å². The van der Waals surface area contributed by atoms with Gasteiger partial charge in [-0.1, -0.05) is 11.8 Å². The fourth-order valence-corrected chi connectivity index (χ4v) is 1.90. The number of nitrogens with zero attached hydrogens (tertiary/aromatic N) is 3. The highest BCUT2D eigenvalue weighted by Gasteiger charge is 2.11. The van der Waals surface area contributed by atoms with E-state index in [0.29, 0.717) is 21.8 Å². The van der Waals surface area contributed by atoms with Crippen LogP contribution in [0.5, 0.6) is 5.88 Å². The van der Waals surface area contributed by atoms with Gasteiger partial charge in [0.25, 0.3) is 5.56 Å². The van der Waals surface area contributed by atoms with Gasteiger partial charge in [0, 0.05) is 12.6 Å². The second kappa shape index (κ2) is 3.79. The molecule has 0 aliphatic heterocycles. The number of hydrogen-bond donors (Lipinski definition) is 1. The Labute approximate surface area is 96.2 Å². The fourth-order valence-electron chi connectivity index (χ4n) is 1.54. The first-order valence-corrected chi connectivity index (χ1v) is 5.88. The van der Waals surface area contributed by atoms with E-state index in [2.05, 4.69) is 9.97 Å². The molecule has 2 rings (SSSR count). The SMILES string of the molecule is CSc1nc(O)c2cc(C)c(=O)n(C)c2n1. The van der Waals surface area contributed by atoms with Gasteiger partial charge in [-0.25, -0.2) is 4.98 Å². The Morgan fingerprint density at radius 2 is 2.12 bits per heavy atom. The number of pyridine rings is 1. The monoisotopic (exact) mass is 237 g/mol. The van der Waals surface area contributed by atoms with Crippen LogP contribution in [-0.2, 0) is 7.05 Å². The molecule has 5 nitrogen and oxygen atoms in total. The molecule has 2 aromatic rings. The van der Waals surface area contributed by atoms with E-state index in [-0.39, 0.29) is 11.4 Å². The van der Waals surface area contributed by atoms with Crippen LogP contribution in [0, 0.1) is 6.92 Å². The zero-order valence-electron chi connectivity index (χ0n) is 9.18. The van der Waals surface area contributed by atoms with Crippen molar-refractivity contribution in [3.8, 4) is 5.88 Å². The number of rotatable bonds is 1. The van der Waals surface area contributed by atoms with Crippen LogP contribution in [0.2, 0.25) is 0 Å². The van der Waals surface area contributed by atoms with Crippen LogP contribution in [0.3, 0.4) is 0 Å². The van der Waals surface area contributed by atoms with Gasteiger partial charge >= 0.3 is 0 Å². The molecule has 0 saturated heterocycles. The quantitative estimate of drug-likeness (QED) is 0.593. The summed E-state index contributed by atoms with van der Waals surface area (Å²) in [5.41, 5.74) is 0.899. The summed E-state index contributed by atoms with van der Waals surface area (Å²) < 4.78 is 1.42. The third kappa shape index (κ3) is 1.55. The smallest absolute Gasteiger partial charge is 0.254 e. The molecule has 0 atom stereocenters. The topological polar surface area (TPSA) is 68.0 Å². The van der Waals surface area contributed by atoms with Crippen LogP contribution in [0.4, 0.5) is 0 Å². The summed E-state index contributed by atoms with van der Waals surface area (Å²) in [5.74, 6) is -0.0898. The lowest BCUT2D eigenvalue weighted by Gasteiger charge is -2.07. The maximum atomic E-state index is 11.7. The first kappa shape index (κ1) is 10.9. The van der Waals surface area contributed by atoms with Gasteiger partial charge in [0.1, 0.15) is 0 Å². The molecule has 0 unspecified atom stereocenters. The highest BCUT2D eigenvalue weighted by molar-refractivity contribution is 7.98. The lowest BCUT2D eigenvalue weighted by molar-refractivity contribution is 0.453. The van der Waals surface area contributed by atoms with Gasteiger partial charge in [0.15, 0.2) is 10.8 Å². The van der Waals surface area contributed by atoms with Crippen LogP contribution in [0.15, 0.2) is 16.0 Å². The van der Waals surface area contributed by atoms with E-state index in [0.717, 1.165) is 0 Å². The summed E-state index contributed by atoms with van der Waals surface area (Å²) in [6.45, 7) is 1.70. The summed E-state index contributed by atoms with van der Waals surface area (Å²) >= 11 is 1.32. The molecule has 84 valence electrons. The molecule has 0 spiro atoms. The van der Waals surface area contributed by atoms with Gasteiger partial charge in [-0.05, 0) is 19.2 Å². The maximum Gasteiger partial charge on any atom is 0.254 e. The average Bonchev–Trinajstić information content (AvgIpc) is 2.27. The third-order valence-electron chi connectivity index (χ3n) is 2.39. The Hall–Kier alpha value is -1.56. The molecule has 0 fully saturated rings. The molecule has 0 radical (unpaired) electrons. The molecule has 0 amide bonds. The van der Waals surface area contributed by atoms with Gasteiger partial charge in [-0.2, -0.15) is 4.98 Å². The van der Waals surface area contributed by atoms with E-state index < -0.39 is 0 Å². The standard InChI is InChI=1S/C10H11N3O2S/c1-5-4-6-7(13(2)9(5)15)11-10(16-3)12-8(6)14/h4H,1-3H3,(H,11,12,14). The second-order valence-electron chi connectivity index (χ2n) is 3.46. The van der Waals surface area contributed by atoms with Gasteiger partial charge in [0.05, 0.1) is 5.39 Å². The number of aryl methyl sites for hydroxylation is 2. The lowest BCUT2D eigenvalue weighted by atomic mass is 10.2. The molecule has 0 bridgehead atoms. The van der Waals surface area contributed by atoms with E-state index >= 15 is 0 Å². The molecular formula is C10H11N3O2S. The number of thioether (sulfide) groups is 1. The minimum atomic E-state index is -0.113. The van der Waals surface area contributed by atoms with E-state index in [4.69, 9.17) is 0 Å². The Morgan fingerprint density at radius 3 is 2.75 bits per heavy atom. The van der Waals surface area contributed by atoms with Crippen LogP contribution in [-0.4, -0.2) is 25.9 Å². The van der Waals surface area contributed by atoms with Crippen LogP contribution in [0.1, 0.15) is 5.56 Å². The Kier molecular flexibility index (Phi) is 2.59. The largest absolute Gasteiger partial charge is 0.493 e. The van der Waals surface area contributed by atoms with Crippen molar-refractivity contribution >= 4 is 22.8 Å². The summed E-state index contributed by atoms with van der Waals surface area (Å²) in [5, 5.41) is 10.7. The van der Waals surface area contributed by atoms with Crippen molar-refractivity contribution in [3.63, 3.8) is 0 Å². The Bertz CT molecular complexity index is 621. The number of fused-ring (bicyclic) bond motifs is 1. The van der Waals surface area contributed by atoms with E-state index in [1.807, 2.05) is 6.26 Å². The van der Waals surface area contributed by atoms with Crippen molar-refractivity contribution in [2.75, 3.05) is 6.26 Å². The molecule has 2 aromatic heterocycles. The highest BCUT2D eigenvalue weighted by atomic mass is 32.2. The average molecular weight is 237 g/mol. The Balaban J connectivity index is 2.96. The number of aromatic nitrogens is 3. The molecule has 1 N–H and O–H groups in total. The summed E-state index contributed by atoms with van der Waals surface area (Å²) in [4.78, 5) is 19.8. The molecule has 0 aliphatic carbocycles. The minimum absolute atomic E-state index is 0.0898. The van der Waals surface area contributed by atoms with Crippen molar-refractivity contribution in [1.82, 2.24) is 14.5 Å². The van der Waals surface area contributed by atoms with Crippen molar-refractivity contribution in [2.45, 2.75) is 12.1 Å². The molecule has 16 heavy (non-hydrogen) atoms. The predicted molar refractivity (Wildman–Crippen MR) is 63.0 cm³/mol. The molecular weight excluding hydrogens is 226 g/mol. The molecule has 6 heteroatoms. The van der Waals surface area contributed by atoms with Crippen LogP contribution in [0.25, 0.3) is 11.0 Å². The molecule has 0 saturated carbocycles. The van der Waals surface area contributed by atoms with Gasteiger partial charge in [-0.15, -0.1) is 0 Å². The molecule has 0 aliphatic rings. The predicted octanol–water partition coefficient (Wildman–Crippen LogP) is 1.06. The first-order chi connectivity index (χ1) is 7.54. The number of hydrogen-bond acceptors (Lipinski definition) is 5. The van der Waals surface area contributed by atoms with Gasteiger partial charge < -0.3 is 5.11 Å². The van der Waals surface area contributed by atoms with Crippen LogP contribution >= 0.6 is 11.8 Å². The van der Waals surface area contributed by atoms with Crippen molar-refractivity contribution in [3.05, 3.63) is 22.0 Å². The minimum Gasteiger partial charge on any atom is -0.493 e. The van der Waals surface area contributed by atoms with Crippen LogP contribution < -0.4 is 5.56 Å². The molecule has 0 aromatic carbocycles. The van der Waals surface area contributed by atoms with Crippen molar-refractivity contribution < 1.29 is 5.11 Å². The number of aromatic hydroxyl groups is 1. The summed E-state index contributed by atoms with van der Waals surface area (Å²) in [7, 11) is 1.63. The Morgan fingerprint density at radius 1 is 1.44 bits per heavy atom. The fraction of sp³-hybridized carbons (Fsp3) is 0.300.